The predicted molar refractivity (Wildman–Crippen MR) is 88.4 cm³/mol. The van der Waals surface area contributed by atoms with E-state index in [1.165, 1.54) is 32.1 Å². The Bertz CT molecular complexity index is 589. The van der Waals surface area contributed by atoms with Crippen molar-refractivity contribution in [2.45, 2.75) is 45.4 Å². The minimum atomic E-state index is -0.0563. The summed E-state index contributed by atoms with van der Waals surface area (Å²) in [6, 6.07) is 7.52. The Balaban J connectivity index is 1.78. The summed E-state index contributed by atoms with van der Waals surface area (Å²) in [7, 11) is 0. The molecule has 0 bridgehead atoms. The molecule has 4 heteroatoms. The Morgan fingerprint density at radius 1 is 1.19 bits per heavy atom. The number of nitrogens with one attached hydrogen (secondary N) is 2. The molecule has 114 valence electrons. The van der Waals surface area contributed by atoms with Crippen molar-refractivity contribution in [3.8, 4) is 0 Å². The van der Waals surface area contributed by atoms with Crippen LogP contribution >= 0.6 is 0 Å². The van der Waals surface area contributed by atoms with E-state index in [9.17, 15) is 4.79 Å². The minimum absolute atomic E-state index is 0.0563. The minimum Gasteiger partial charge on any atom is -0.397 e. The van der Waals surface area contributed by atoms with Gasteiger partial charge in [0.25, 0.3) is 5.91 Å². The van der Waals surface area contributed by atoms with Crippen LogP contribution in [0.3, 0.4) is 0 Å². The van der Waals surface area contributed by atoms with Gasteiger partial charge in [-0.25, -0.2) is 0 Å². The van der Waals surface area contributed by atoms with Gasteiger partial charge in [0.05, 0.1) is 11.2 Å². The number of hydrogen-bond acceptors (Lipinski definition) is 2. The molecule has 0 aliphatic rings. The third kappa shape index (κ3) is 4.25. The van der Waals surface area contributed by atoms with Gasteiger partial charge in [0.1, 0.15) is 5.69 Å². The molecule has 21 heavy (non-hydrogen) atoms. The molecule has 0 unspecified atom stereocenters. The van der Waals surface area contributed by atoms with Crippen LogP contribution in [0.5, 0.6) is 0 Å². The molecule has 0 radical (unpaired) electrons. The van der Waals surface area contributed by atoms with E-state index in [2.05, 4.69) is 17.2 Å². The average molecular weight is 287 g/mol. The number of benzene rings is 1. The number of aromatic nitrogens is 1. The second-order valence-electron chi connectivity index (χ2n) is 5.52. The number of amides is 1. The number of para-hydroxylation sites is 1. The summed E-state index contributed by atoms with van der Waals surface area (Å²) >= 11 is 0. The lowest BCUT2D eigenvalue weighted by Crippen LogP contribution is -2.24. The molecule has 2 aromatic rings. The van der Waals surface area contributed by atoms with Gasteiger partial charge in [-0.1, -0.05) is 51.2 Å². The molecule has 0 aliphatic carbocycles. The van der Waals surface area contributed by atoms with Crippen molar-refractivity contribution >= 4 is 22.5 Å². The first kappa shape index (κ1) is 15.4. The van der Waals surface area contributed by atoms with E-state index < -0.39 is 0 Å². The molecule has 1 aromatic heterocycles. The molecule has 4 nitrogen and oxygen atoms in total. The van der Waals surface area contributed by atoms with E-state index in [0.717, 1.165) is 23.9 Å². The van der Waals surface area contributed by atoms with Gasteiger partial charge < -0.3 is 16.0 Å². The fourth-order valence-corrected chi connectivity index (χ4v) is 2.50. The number of hydrogen-bond donors (Lipinski definition) is 3. The highest BCUT2D eigenvalue weighted by molar-refractivity contribution is 6.00. The molecule has 2 rings (SSSR count). The summed E-state index contributed by atoms with van der Waals surface area (Å²) in [4.78, 5) is 15.2. The van der Waals surface area contributed by atoms with Crippen molar-refractivity contribution in [2.75, 3.05) is 12.3 Å². The summed E-state index contributed by atoms with van der Waals surface area (Å²) in [6.45, 7) is 2.95. The highest BCUT2D eigenvalue weighted by Gasteiger charge is 2.09. The van der Waals surface area contributed by atoms with Crippen LogP contribution in [0.4, 0.5) is 5.69 Å². The molecule has 0 fully saturated rings. The first-order chi connectivity index (χ1) is 10.2. The number of carbonyl (C=O) groups excluding carboxylic acids is 1. The zero-order valence-corrected chi connectivity index (χ0v) is 12.7. The number of anilines is 1. The van der Waals surface area contributed by atoms with Crippen LogP contribution in [0, 0.1) is 0 Å². The maximum atomic E-state index is 12.1. The molecule has 0 saturated heterocycles. The maximum Gasteiger partial charge on any atom is 0.267 e. The number of rotatable bonds is 8. The lowest BCUT2D eigenvalue weighted by atomic mass is 10.1. The van der Waals surface area contributed by atoms with Crippen molar-refractivity contribution in [1.29, 1.82) is 0 Å². The van der Waals surface area contributed by atoms with Crippen LogP contribution in [0.1, 0.15) is 55.9 Å². The molecular formula is C17H25N3O. The van der Waals surface area contributed by atoms with E-state index in [4.69, 9.17) is 5.73 Å². The largest absolute Gasteiger partial charge is 0.397 e. The standard InChI is InChI=1S/C17H25N3O/c1-2-3-4-5-6-7-11-19-17(21)15-12-13-9-8-10-14(18)16(13)20-15/h8-10,12,20H,2-7,11,18H2,1H3,(H,19,21). The fourth-order valence-electron chi connectivity index (χ4n) is 2.50. The normalized spacial score (nSPS) is 10.9. The van der Waals surface area contributed by atoms with Crippen molar-refractivity contribution in [3.05, 3.63) is 30.0 Å². The Kier molecular flexibility index (Phi) is 5.67. The van der Waals surface area contributed by atoms with Gasteiger partial charge in [-0.15, -0.1) is 0 Å². The fraction of sp³-hybridized carbons (Fsp3) is 0.471. The van der Waals surface area contributed by atoms with Crippen LogP contribution in [0.2, 0.25) is 0 Å². The van der Waals surface area contributed by atoms with Crippen LogP contribution in [0.25, 0.3) is 10.9 Å². The van der Waals surface area contributed by atoms with Crippen molar-refractivity contribution in [3.63, 3.8) is 0 Å². The summed E-state index contributed by atoms with van der Waals surface area (Å²) < 4.78 is 0. The molecule has 1 heterocycles. The molecule has 1 aromatic carbocycles. The molecule has 1 amide bonds. The summed E-state index contributed by atoms with van der Waals surface area (Å²) in [6.07, 6.45) is 7.35. The number of fused-ring (bicyclic) bond motifs is 1. The van der Waals surface area contributed by atoms with E-state index in [1.54, 1.807) is 0 Å². The van der Waals surface area contributed by atoms with Gasteiger partial charge >= 0.3 is 0 Å². The van der Waals surface area contributed by atoms with Crippen LogP contribution in [0.15, 0.2) is 24.3 Å². The first-order valence-electron chi connectivity index (χ1n) is 7.87. The number of H-pyrrole nitrogens is 1. The molecule has 0 spiro atoms. The maximum absolute atomic E-state index is 12.1. The molecule has 0 aliphatic heterocycles. The van der Waals surface area contributed by atoms with Crippen molar-refractivity contribution < 1.29 is 4.79 Å². The highest BCUT2D eigenvalue weighted by atomic mass is 16.1. The van der Waals surface area contributed by atoms with Crippen LogP contribution in [-0.4, -0.2) is 17.4 Å². The van der Waals surface area contributed by atoms with E-state index in [1.807, 2.05) is 24.3 Å². The lowest BCUT2D eigenvalue weighted by Gasteiger charge is -2.03. The van der Waals surface area contributed by atoms with E-state index >= 15 is 0 Å². The Morgan fingerprint density at radius 2 is 1.95 bits per heavy atom. The Morgan fingerprint density at radius 3 is 2.71 bits per heavy atom. The average Bonchev–Trinajstić information content (AvgIpc) is 2.92. The van der Waals surface area contributed by atoms with Gasteiger partial charge in [0.15, 0.2) is 0 Å². The molecule has 4 N–H and O–H groups in total. The van der Waals surface area contributed by atoms with E-state index in [0.29, 0.717) is 11.4 Å². The van der Waals surface area contributed by atoms with E-state index in [-0.39, 0.29) is 5.91 Å². The number of aromatic amines is 1. The SMILES string of the molecule is CCCCCCCCNC(=O)c1cc2cccc(N)c2[nH]1. The smallest absolute Gasteiger partial charge is 0.267 e. The molecular weight excluding hydrogens is 262 g/mol. The van der Waals surface area contributed by atoms with Crippen LogP contribution < -0.4 is 11.1 Å². The van der Waals surface area contributed by atoms with Crippen molar-refractivity contribution in [2.24, 2.45) is 0 Å². The third-order valence-corrected chi connectivity index (χ3v) is 3.75. The van der Waals surface area contributed by atoms with Crippen molar-refractivity contribution in [1.82, 2.24) is 10.3 Å². The molecule has 0 saturated carbocycles. The Labute approximate surface area is 126 Å². The topological polar surface area (TPSA) is 70.9 Å². The molecule has 0 atom stereocenters. The predicted octanol–water partition coefficient (Wildman–Crippen LogP) is 3.84. The second kappa shape index (κ2) is 7.72. The van der Waals surface area contributed by atoms with Gasteiger partial charge in [-0.05, 0) is 18.6 Å². The first-order valence-corrected chi connectivity index (χ1v) is 7.87. The quantitative estimate of drug-likeness (QED) is 0.510. The van der Waals surface area contributed by atoms with Gasteiger partial charge in [0.2, 0.25) is 0 Å². The Hall–Kier alpha value is -1.97. The zero-order chi connectivity index (χ0) is 15.1. The summed E-state index contributed by atoms with van der Waals surface area (Å²) in [5.41, 5.74) is 7.97. The van der Waals surface area contributed by atoms with Gasteiger partial charge in [-0.2, -0.15) is 0 Å². The monoisotopic (exact) mass is 287 g/mol. The summed E-state index contributed by atoms with van der Waals surface area (Å²) in [5, 5.41) is 3.93. The third-order valence-electron chi connectivity index (χ3n) is 3.75. The van der Waals surface area contributed by atoms with Gasteiger partial charge in [-0.3, -0.25) is 4.79 Å². The highest BCUT2D eigenvalue weighted by Crippen LogP contribution is 2.20. The lowest BCUT2D eigenvalue weighted by molar-refractivity contribution is 0.0949. The number of nitrogens with two attached hydrogens (primary N) is 1. The summed E-state index contributed by atoms with van der Waals surface area (Å²) in [5.74, 6) is -0.0563. The van der Waals surface area contributed by atoms with Gasteiger partial charge in [0, 0.05) is 11.9 Å². The van der Waals surface area contributed by atoms with Crippen LogP contribution in [-0.2, 0) is 0 Å². The second-order valence-corrected chi connectivity index (χ2v) is 5.52. The zero-order valence-electron chi connectivity index (χ0n) is 12.7. The number of unbranched alkanes of at least 4 members (excludes halogenated alkanes) is 5. The number of carbonyl (C=O) groups is 1. The number of nitrogen functional groups attached to an aromatic ring is 1.